The van der Waals surface area contributed by atoms with Crippen molar-refractivity contribution in [1.29, 1.82) is 0 Å². The zero-order valence-electron chi connectivity index (χ0n) is 11.4. The van der Waals surface area contributed by atoms with Gasteiger partial charge in [0.1, 0.15) is 5.56 Å². The van der Waals surface area contributed by atoms with E-state index in [0.717, 1.165) is 12.1 Å². The molecule has 0 atom stereocenters. The molecule has 0 aromatic heterocycles. The van der Waals surface area contributed by atoms with Crippen LogP contribution in [0.4, 0.5) is 17.1 Å². The number of nitro benzene ring substituents is 1. The molecule has 2 aromatic carbocycles. The van der Waals surface area contributed by atoms with Gasteiger partial charge in [0.05, 0.1) is 4.92 Å². The van der Waals surface area contributed by atoms with Gasteiger partial charge < -0.3 is 10.4 Å². The maximum Gasteiger partial charge on any atom is 0.342 e. The van der Waals surface area contributed by atoms with E-state index in [2.05, 4.69) is 12.2 Å². The van der Waals surface area contributed by atoms with Gasteiger partial charge in [-0.25, -0.2) is 4.79 Å². The lowest BCUT2D eigenvalue weighted by Gasteiger charge is -2.08. The van der Waals surface area contributed by atoms with Crippen molar-refractivity contribution in [3.8, 4) is 0 Å². The molecule has 0 amide bonds. The van der Waals surface area contributed by atoms with Crippen LogP contribution in [0.5, 0.6) is 0 Å². The zero-order valence-corrected chi connectivity index (χ0v) is 11.4. The van der Waals surface area contributed by atoms with Crippen molar-refractivity contribution >= 4 is 23.0 Å². The van der Waals surface area contributed by atoms with Crippen LogP contribution in [0.2, 0.25) is 0 Å². The predicted molar refractivity (Wildman–Crippen MR) is 79.2 cm³/mol. The van der Waals surface area contributed by atoms with E-state index >= 15 is 0 Å². The van der Waals surface area contributed by atoms with Gasteiger partial charge >= 0.3 is 5.97 Å². The van der Waals surface area contributed by atoms with Gasteiger partial charge in [-0.05, 0) is 36.2 Å². The van der Waals surface area contributed by atoms with E-state index in [1.54, 1.807) is 0 Å². The summed E-state index contributed by atoms with van der Waals surface area (Å²) < 4.78 is 0. The van der Waals surface area contributed by atoms with Crippen LogP contribution in [0, 0.1) is 10.1 Å². The highest BCUT2D eigenvalue weighted by Crippen LogP contribution is 2.25. The Bertz CT molecular complexity index is 681. The van der Waals surface area contributed by atoms with E-state index in [9.17, 15) is 14.9 Å². The van der Waals surface area contributed by atoms with Gasteiger partial charge in [0.25, 0.3) is 5.69 Å². The van der Waals surface area contributed by atoms with Gasteiger partial charge in [-0.2, -0.15) is 0 Å². The lowest BCUT2D eigenvalue weighted by atomic mass is 10.1. The van der Waals surface area contributed by atoms with Crippen molar-refractivity contribution in [2.24, 2.45) is 0 Å². The number of carboxylic acids is 1. The van der Waals surface area contributed by atoms with Crippen LogP contribution < -0.4 is 5.32 Å². The Labute approximate surface area is 121 Å². The number of aromatic carboxylic acids is 1. The molecule has 2 aromatic rings. The molecule has 21 heavy (non-hydrogen) atoms. The number of hydrogen-bond donors (Lipinski definition) is 2. The Morgan fingerprint density at radius 2 is 1.81 bits per heavy atom. The van der Waals surface area contributed by atoms with Gasteiger partial charge in [0.15, 0.2) is 0 Å². The monoisotopic (exact) mass is 286 g/mol. The van der Waals surface area contributed by atoms with E-state index in [1.807, 2.05) is 24.3 Å². The third-order valence-electron chi connectivity index (χ3n) is 3.08. The number of aryl methyl sites for hydroxylation is 1. The number of benzene rings is 2. The van der Waals surface area contributed by atoms with Crippen molar-refractivity contribution in [2.45, 2.75) is 13.3 Å². The van der Waals surface area contributed by atoms with Crippen LogP contribution in [0.25, 0.3) is 0 Å². The SMILES string of the molecule is CCc1ccc(Nc2ccc(C(=O)O)c([N+](=O)[O-])c2)cc1. The molecule has 108 valence electrons. The molecule has 2 rings (SSSR count). The second-order valence-corrected chi connectivity index (χ2v) is 4.47. The van der Waals surface area contributed by atoms with Crippen LogP contribution >= 0.6 is 0 Å². The lowest BCUT2D eigenvalue weighted by molar-refractivity contribution is -0.385. The molecule has 0 aliphatic rings. The fraction of sp³-hybridized carbons (Fsp3) is 0.133. The summed E-state index contributed by atoms with van der Waals surface area (Å²) in [5, 5.41) is 22.9. The van der Waals surface area contributed by atoms with Gasteiger partial charge in [0, 0.05) is 17.4 Å². The van der Waals surface area contributed by atoms with Gasteiger partial charge in [0.2, 0.25) is 0 Å². The average Bonchev–Trinajstić information content (AvgIpc) is 2.47. The minimum atomic E-state index is -1.32. The van der Waals surface area contributed by atoms with Crippen molar-refractivity contribution in [1.82, 2.24) is 0 Å². The number of nitro groups is 1. The summed E-state index contributed by atoms with van der Waals surface area (Å²) in [5.41, 5.74) is 1.68. The number of hydrogen-bond acceptors (Lipinski definition) is 4. The van der Waals surface area contributed by atoms with Crippen molar-refractivity contribution < 1.29 is 14.8 Å². The van der Waals surface area contributed by atoms with Crippen LogP contribution in [0.3, 0.4) is 0 Å². The third kappa shape index (κ3) is 3.36. The molecule has 0 bridgehead atoms. The summed E-state index contributed by atoms with van der Waals surface area (Å²) >= 11 is 0. The van der Waals surface area contributed by atoms with E-state index in [1.165, 1.54) is 23.8 Å². The third-order valence-corrected chi connectivity index (χ3v) is 3.08. The first-order chi connectivity index (χ1) is 10.0. The maximum absolute atomic E-state index is 10.9. The van der Waals surface area contributed by atoms with Gasteiger partial charge in [-0.1, -0.05) is 19.1 Å². The Morgan fingerprint density at radius 1 is 1.19 bits per heavy atom. The molecular formula is C15H14N2O4. The molecule has 0 aliphatic heterocycles. The molecule has 2 N–H and O–H groups in total. The van der Waals surface area contributed by atoms with E-state index < -0.39 is 16.6 Å². The van der Waals surface area contributed by atoms with Crippen molar-refractivity contribution in [2.75, 3.05) is 5.32 Å². The highest BCUT2D eigenvalue weighted by Gasteiger charge is 2.20. The summed E-state index contributed by atoms with van der Waals surface area (Å²) in [5.74, 6) is -1.32. The van der Waals surface area contributed by atoms with Crippen LogP contribution in [-0.4, -0.2) is 16.0 Å². The van der Waals surface area contributed by atoms with Crippen molar-refractivity contribution in [3.63, 3.8) is 0 Å². The van der Waals surface area contributed by atoms with Gasteiger partial charge in [-0.15, -0.1) is 0 Å². The Kier molecular flexibility index (Phi) is 4.18. The van der Waals surface area contributed by atoms with Gasteiger partial charge in [-0.3, -0.25) is 10.1 Å². The lowest BCUT2D eigenvalue weighted by Crippen LogP contribution is -2.03. The van der Waals surface area contributed by atoms with E-state index in [0.29, 0.717) is 5.69 Å². The summed E-state index contributed by atoms with van der Waals surface area (Å²) in [4.78, 5) is 21.2. The van der Waals surface area contributed by atoms with Crippen LogP contribution in [-0.2, 0) is 6.42 Å². The molecule has 0 aliphatic carbocycles. The van der Waals surface area contributed by atoms with E-state index in [-0.39, 0.29) is 5.56 Å². The second-order valence-electron chi connectivity index (χ2n) is 4.47. The molecule has 0 saturated carbocycles. The molecule has 0 unspecified atom stereocenters. The molecule has 6 nitrogen and oxygen atoms in total. The molecule has 0 saturated heterocycles. The Morgan fingerprint density at radius 3 is 2.33 bits per heavy atom. The smallest absolute Gasteiger partial charge is 0.342 e. The Hall–Kier alpha value is -2.89. The van der Waals surface area contributed by atoms with Crippen LogP contribution in [0.1, 0.15) is 22.8 Å². The first kappa shape index (κ1) is 14.5. The maximum atomic E-state index is 10.9. The fourth-order valence-corrected chi connectivity index (χ4v) is 1.93. The summed E-state index contributed by atoms with van der Waals surface area (Å²) in [6.07, 6.45) is 0.930. The molecule has 0 fully saturated rings. The second kappa shape index (κ2) is 6.04. The van der Waals surface area contributed by atoms with Crippen LogP contribution in [0.15, 0.2) is 42.5 Å². The minimum absolute atomic E-state index is 0.327. The number of nitrogens with one attached hydrogen (secondary N) is 1. The number of nitrogens with zero attached hydrogens (tertiary/aromatic N) is 1. The predicted octanol–water partition coefficient (Wildman–Crippen LogP) is 3.60. The summed E-state index contributed by atoms with van der Waals surface area (Å²) in [6.45, 7) is 2.05. The standard InChI is InChI=1S/C15H14N2O4/c1-2-10-3-5-11(6-4-10)16-12-7-8-13(15(18)19)14(9-12)17(20)21/h3-9,16H,2H2,1H3,(H,18,19). The molecule has 6 heteroatoms. The Balaban J connectivity index is 2.29. The number of carbonyl (C=O) groups is 1. The number of carboxylic acid groups (broad SMARTS) is 1. The summed E-state index contributed by atoms with van der Waals surface area (Å²) in [7, 11) is 0. The van der Waals surface area contributed by atoms with E-state index in [4.69, 9.17) is 5.11 Å². The summed E-state index contributed by atoms with van der Waals surface area (Å²) in [6, 6.07) is 11.6. The largest absolute Gasteiger partial charge is 0.477 e. The van der Waals surface area contributed by atoms with Crippen molar-refractivity contribution in [3.05, 3.63) is 63.7 Å². The molecular weight excluding hydrogens is 272 g/mol. The highest BCUT2D eigenvalue weighted by molar-refractivity contribution is 5.93. The highest BCUT2D eigenvalue weighted by atomic mass is 16.6. The fourth-order valence-electron chi connectivity index (χ4n) is 1.93. The topological polar surface area (TPSA) is 92.5 Å². The average molecular weight is 286 g/mol. The molecule has 0 spiro atoms. The molecule has 0 heterocycles. The number of rotatable bonds is 5. The first-order valence-electron chi connectivity index (χ1n) is 6.39. The molecule has 0 radical (unpaired) electrons. The zero-order chi connectivity index (χ0) is 15.4. The quantitative estimate of drug-likeness (QED) is 0.647. The first-order valence-corrected chi connectivity index (χ1v) is 6.39. The minimum Gasteiger partial charge on any atom is -0.477 e. The normalized spacial score (nSPS) is 10.1. The number of anilines is 2.